The van der Waals surface area contributed by atoms with Gasteiger partial charge in [0.2, 0.25) is 0 Å². The molecule has 0 aliphatic rings. The largest absolute Gasteiger partial charge is 2.00 e. The molecule has 6 heterocycles. The van der Waals surface area contributed by atoms with E-state index >= 15 is 0 Å². The van der Waals surface area contributed by atoms with Crippen LogP contribution in [0, 0.1) is 0 Å². The Morgan fingerprint density at radius 2 is 0.269 bits per heavy atom. The second kappa shape index (κ2) is 36.9. The maximum atomic E-state index is 9.87. The van der Waals surface area contributed by atoms with E-state index in [2.05, 4.69) is 255 Å². The predicted octanol–water partition coefficient (Wildman–Crippen LogP) is 27.5. The molecule has 0 aliphatic carbocycles. The summed E-state index contributed by atoms with van der Waals surface area (Å²) >= 11 is 0. The third-order valence-electron chi connectivity index (χ3n) is 13.0. The van der Waals surface area contributed by atoms with Gasteiger partial charge in [-0.1, -0.05) is 109 Å². The van der Waals surface area contributed by atoms with Crippen molar-refractivity contribution < 1.29 is 140 Å². The third-order valence-corrected chi connectivity index (χ3v) is 21.9. The molecule has 0 atom stereocenters. The van der Waals surface area contributed by atoms with Gasteiger partial charge in [0.15, 0.2) is 0 Å². The minimum Gasteiger partial charge on any atom is 2.00 e. The third kappa shape index (κ3) is 48.5. The van der Waals surface area contributed by atoms with Gasteiger partial charge in [-0.05, 0) is 72.8 Å². The molecule has 12 aromatic rings. The molecular formula is C66H78F24N6P10Ru2+6. The molecular weight excluding hydrogens is 1840 g/mol. The fourth-order valence-electron chi connectivity index (χ4n) is 9.05. The molecule has 12 rings (SSSR count). The summed E-state index contributed by atoms with van der Waals surface area (Å²) in [4.78, 5) is 26.6. The average molecular weight is 1920 g/mol. The molecule has 0 aliphatic heterocycles. The first-order chi connectivity index (χ1) is 47.5. The van der Waals surface area contributed by atoms with E-state index in [0.717, 1.165) is 0 Å². The number of para-hydroxylation sites is 6. The fraction of sp³-hybridized carbons (Fsp3) is 0.182. The van der Waals surface area contributed by atoms with Crippen molar-refractivity contribution in [2.45, 2.75) is 0 Å². The monoisotopic (exact) mass is 1920 g/mol. The van der Waals surface area contributed by atoms with Crippen LogP contribution in [0.25, 0.3) is 65.4 Å². The molecule has 0 N–H and O–H groups in total. The first-order valence-electron chi connectivity index (χ1n) is 30.6. The topological polar surface area (TPSA) is 77.3 Å². The Morgan fingerprint density at radius 1 is 0.176 bits per heavy atom. The van der Waals surface area contributed by atoms with E-state index in [9.17, 15) is 101 Å². The molecule has 0 fully saturated rings. The maximum absolute atomic E-state index is 10.7. The molecule has 42 heteroatoms. The van der Waals surface area contributed by atoms with Crippen molar-refractivity contribution in [1.82, 2.24) is 29.9 Å². The van der Waals surface area contributed by atoms with Crippen molar-refractivity contribution in [2.75, 3.05) is 80.0 Å². The van der Waals surface area contributed by atoms with Gasteiger partial charge in [-0.25, -0.2) is 0 Å². The Labute approximate surface area is 640 Å². The Morgan fingerprint density at radius 3 is 0.361 bits per heavy atom. The minimum atomic E-state index is -10.7. The van der Waals surface area contributed by atoms with Crippen LogP contribution in [0.3, 0.4) is 0 Å². The van der Waals surface area contributed by atoms with E-state index in [1.165, 1.54) is 97.2 Å². The molecule has 6 aromatic carbocycles. The fourth-order valence-corrected chi connectivity index (χ4v) is 15.7. The van der Waals surface area contributed by atoms with Crippen LogP contribution in [0.5, 0.6) is 0 Å². The Balaban J connectivity index is 0.000000606. The molecule has 0 saturated carbocycles. The zero-order chi connectivity index (χ0) is 81.2. The second-order valence-electron chi connectivity index (χ2n) is 24.1. The van der Waals surface area contributed by atoms with Crippen LogP contribution in [0.4, 0.5) is 101 Å². The molecule has 108 heavy (non-hydrogen) atoms. The van der Waals surface area contributed by atoms with Crippen LogP contribution in [0.2, 0.25) is 0 Å². The van der Waals surface area contributed by atoms with Crippen molar-refractivity contribution in [3.05, 3.63) is 219 Å². The maximum Gasteiger partial charge on any atom is 2.00 e. The number of nitrogens with zero attached hydrogens (tertiary/aromatic N) is 6. The van der Waals surface area contributed by atoms with E-state index in [1.807, 2.05) is 73.6 Å². The summed E-state index contributed by atoms with van der Waals surface area (Å²) in [6.45, 7) is 27.6. The van der Waals surface area contributed by atoms with Crippen LogP contribution in [0.1, 0.15) is 0 Å². The van der Waals surface area contributed by atoms with Gasteiger partial charge in [0.25, 0.3) is 0 Å². The summed E-state index contributed by atoms with van der Waals surface area (Å²) in [5.74, 6) is 0. The van der Waals surface area contributed by atoms with Crippen LogP contribution in [-0.2, 0) is 39.0 Å². The van der Waals surface area contributed by atoms with Crippen molar-refractivity contribution in [3.8, 4) is 0 Å². The van der Waals surface area contributed by atoms with Crippen LogP contribution < -0.4 is 31.8 Å². The smallest absolute Gasteiger partial charge is 2.00 e. The normalized spacial score (nSPS) is 13.9. The van der Waals surface area contributed by atoms with Gasteiger partial charge < -0.3 is 0 Å². The van der Waals surface area contributed by atoms with Gasteiger partial charge >= 0.3 is 171 Å². The van der Waals surface area contributed by atoms with Crippen LogP contribution in [0.15, 0.2) is 219 Å². The predicted molar refractivity (Wildman–Crippen MR) is 424 cm³/mol. The van der Waals surface area contributed by atoms with Gasteiger partial charge in [-0.3, -0.25) is 29.9 Å². The molecule has 0 spiro atoms. The van der Waals surface area contributed by atoms with Gasteiger partial charge in [0.1, 0.15) is 64.9 Å². The van der Waals surface area contributed by atoms with Gasteiger partial charge in [-0.15, -0.1) is 0 Å². The Hall–Kier alpha value is -4.35. The zero-order valence-electron chi connectivity index (χ0n) is 59.0. The van der Waals surface area contributed by atoms with Gasteiger partial charge in [-0.2, -0.15) is 0 Å². The number of aromatic nitrogens is 6. The molecule has 6 aromatic heterocycles. The quantitative estimate of drug-likeness (QED) is 0.0938. The van der Waals surface area contributed by atoms with E-state index < -0.39 is 78.8 Å². The van der Waals surface area contributed by atoms with Gasteiger partial charge in [0.05, 0.1) is 80.0 Å². The molecule has 0 amide bonds. The second-order valence-corrected chi connectivity index (χ2v) is 47.0. The molecule has 0 saturated heterocycles. The zero-order valence-corrected chi connectivity index (χ0v) is 72.1. The van der Waals surface area contributed by atoms with Crippen molar-refractivity contribution in [2.24, 2.45) is 0 Å². The number of rotatable bonds is 6. The number of hydrogen-bond donors (Lipinski definition) is 0. The minimum absolute atomic E-state index is 0. The Bertz CT molecular complexity index is 4060. The van der Waals surface area contributed by atoms with Gasteiger partial charge in [0, 0.05) is 117 Å². The van der Waals surface area contributed by atoms with Crippen LogP contribution >= 0.6 is 78.8 Å². The van der Waals surface area contributed by atoms with E-state index in [4.69, 9.17) is 0 Å². The number of fused-ring (bicyclic) bond motifs is 6. The first kappa shape index (κ1) is 102. The molecule has 0 unspecified atom stereocenters. The molecule has 6 nitrogen and oxygen atoms in total. The SMILES string of the molecule is C[PH+](C)c1cccc2cccnc12.C[PH+](C)c1cccc2cccnc12.C[PH+](C)c1cccc2cccnc12.C[PH+](C)c1cccc2cccnc12.C[PH+](C)c1cccc2cccnc12.C[PH+](C)c1cccc2cccnc12.F[P-](F)(F)(F)(F)F.F[P-](F)(F)(F)(F)F.F[P-](F)(F)(F)(F)F.F[P-](F)(F)(F)(F)F.[Ru+2].[Ru+2]. The molecule has 0 bridgehead atoms. The summed E-state index contributed by atoms with van der Waals surface area (Å²) in [7, 11) is -45.0. The average Bonchev–Trinajstić information content (AvgIpc) is 0.791. The van der Waals surface area contributed by atoms with E-state index in [-0.39, 0.29) is 39.0 Å². The van der Waals surface area contributed by atoms with E-state index in [1.54, 1.807) is 0 Å². The number of hydrogen-bond acceptors (Lipinski definition) is 6. The van der Waals surface area contributed by atoms with Crippen LogP contribution in [-0.4, -0.2) is 110 Å². The van der Waals surface area contributed by atoms with E-state index in [0.29, 0.717) is 0 Å². The number of halogens is 24. The summed E-state index contributed by atoms with van der Waals surface area (Å²) in [5.41, 5.74) is 7.10. The van der Waals surface area contributed by atoms with Crippen molar-refractivity contribution in [3.63, 3.8) is 0 Å². The molecule has 0 radical (unpaired) electrons. The van der Waals surface area contributed by atoms with Crippen molar-refractivity contribution in [1.29, 1.82) is 0 Å². The molecule has 600 valence electrons. The number of pyridine rings is 6. The number of benzene rings is 6. The first-order valence-corrected chi connectivity index (χ1v) is 53.8. The summed E-state index contributed by atoms with van der Waals surface area (Å²) in [5, 5.41) is 16.1. The summed E-state index contributed by atoms with van der Waals surface area (Å²) < 4.78 is 237. The summed E-state index contributed by atoms with van der Waals surface area (Å²) in [6, 6.07) is 63.3. The summed E-state index contributed by atoms with van der Waals surface area (Å²) in [6.07, 6.45) is 11.2. The standard InChI is InChI=1S/6C11H12NP.4F6P.2Ru/c6*1-13(2)10-7-3-5-9-6-4-8-12-11(9)10;4*1-7(2,3,4,5)6;;/h6*3-8H,1-2H3;;;;;;/q;;;;;;4*-1;2*+2/p+6. The Kier molecular flexibility index (Phi) is 34.7. The van der Waals surface area contributed by atoms with Crippen molar-refractivity contribution >= 4 is 176 Å².